The van der Waals surface area contributed by atoms with Crippen molar-refractivity contribution in [2.75, 3.05) is 12.8 Å². The monoisotopic (exact) mass is 293 g/mol. The molecule has 1 heterocycles. The van der Waals surface area contributed by atoms with Gasteiger partial charge in [-0.1, -0.05) is 12.1 Å². The van der Waals surface area contributed by atoms with Crippen molar-refractivity contribution in [3.63, 3.8) is 0 Å². The molecule has 20 heavy (non-hydrogen) atoms. The van der Waals surface area contributed by atoms with E-state index in [1.54, 1.807) is 18.5 Å². The molecule has 1 unspecified atom stereocenters. The zero-order chi connectivity index (χ0) is 14.6. The molecule has 0 aliphatic heterocycles. The van der Waals surface area contributed by atoms with E-state index in [9.17, 15) is 8.42 Å². The maximum atomic E-state index is 11.4. The lowest BCUT2D eigenvalue weighted by Gasteiger charge is -2.14. The minimum atomic E-state index is -3.12. The molecule has 0 bridgehead atoms. The highest BCUT2D eigenvalue weighted by molar-refractivity contribution is 7.90. The summed E-state index contributed by atoms with van der Waals surface area (Å²) in [7, 11) is -3.12. The topological polar surface area (TPSA) is 74.8 Å². The van der Waals surface area contributed by atoms with Gasteiger partial charge in [-0.25, -0.2) is 13.4 Å². The van der Waals surface area contributed by atoms with Crippen LogP contribution < -0.4 is 5.32 Å². The number of aromatic nitrogens is 2. The van der Waals surface area contributed by atoms with Gasteiger partial charge in [-0.15, -0.1) is 0 Å². The SMILES string of the molecule is CC(NCCc1cnc[nH]1)c1ccc(S(C)(=O)=O)cc1. The summed E-state index contributed by atoms with van der Waals surface area (Å²) < 4.78 is 22.8. The van der Waals surface area contributed by atoms with Crippen molar-refractivity contribution in [2.24, 2.45) is 0 Å². The van der Waals surface area contributed by atoms with Gasteiger partial charge in [-0.3, -0.25) is 0 Å². The summed E-state index contributed by atoms with van der Waals surface area (Å²) in [5.74, 6) is 0. The van der Waals surface area contributed by atoms with Crippen LogP contribution in [0.1, 0.15) is 24.2 Å². The van der Waals surface area contributed by atoms with E-state index in [4.69, 9.17) is 0 Å². The summed E-state index contributed by atoms with van der Waals surface area (Å²) >= 11 is 0. The van der Waals surface area contributed by atoms with Gasteiger partial charge in [0, 0.05) is 37.2 Å². The molecule has 1 atom stereocenters. The fraction of sp³-hybridized carbons (Fsp3) is 0.357. The standard InChI is InChI=1S/C14H19N3O2S/c1-11(16-8-7-13-9-15-10-17-13)12-3-5-14(6-4-12)20(2,18)19/h3-6,9-11,16H,7-8H2,1-2H3,(H,15,17). The molecule has 0 fully saturated rings. The van der Waals surface area contributed by atoms with Crippen molar-refractivity contribution in [1.29, 1.82) is 0 Å². The predicted molar refractivity (Wildman–Crippen MR) is 78.3 cm³/mol. The minimum Gasteiger partial charge on any atom is -0.348 e. The number of rotatable bonds is 6. The number of hydrogen-bond acceptors (Lipinski definition) is 4. The maximum Gasteiger partial charge on any atom is 0.175 e. The van der Waals surface area contributed by atoms with Crippen LogP contribution in [0, 0.1) is 0 Å². The predicted octanol–water partition coefficient (Wildman–Crippen LogP) is 1.71. The average molecular weight is 293 g/mol. The number of H-pyrrole nitrogens is 1. The summed E-state index contributed by atoms with van der Waals surface area (Å²) in [6.45, 7) is 2.89. The van der Waals surface area contributed by atoms with E-state index in [2.05, 4.69) is 22.2 Å². The third-order valence-electron chi connectivity index (χ3n) is 3.21. The van der Waals surface area contributed by atoms with Crippen LogP contribution in [-0.2, 0) is 16.3 Å². The first-order chi connectivity index (χ1) is 9.47. The molecule has 0 aliphatic rings. The lowest BCUT2D eigenvalue weighted by Crippen LogP contribution is -2.21. The van der Waals surface area contributed by atoms with Gasteiger partial charge in [0.2, 0.25) is 0 Å². The van der Waals surface area contributed by atoms with Crippen molar-refractivity contribution in [2.45, 2.75) is 24.3 Å². The second kappa shape index (κ2) is 6.19. The van der Waals surface area contributed by atoms with E-state index in [1.165, 1.54) is 6.26 Å². The molecule has 6 heteroatoms. The normalized spacial score (nSPS) is 13.3. The van der Waals surface area contributed by atoms with E-state index < -0.39 is 9.84 Å². The Kier molecular flexibility index (Phi) is 4.57. The van der Waals surface area contributed by atoms with Crippen LogP contribution >= 0.6 is 0 Å². The van der Waals surface area contributed by atoms with Crippen LogP contribution in [0.5, 0.6) is 0 Å². The minimum absolute atomic E-state index is 0.173. The summed E-state index contributed by atoms with van der Waals surface area (Å²) in [4.78, 5) is 7.38. The highest BCUT2D eigenvalue weighted by atomic mass is 32.2. The third-order valence-corrected chi connectivity index (χ3v) is 4.34. The smallest absolute Gasteiger partial charge is 0.175 e. The number of sulfone groups is 1. The van der Waals surface area contributed by atoms with E-state index in [1.807, 2.05) is 18.3 Å². The molecular formula is C14H19N3O2S. The molecule has 0 radical (unpaired) electrons. The van der Waals surface area contributed by atoms with Gasteiger partial charge in [0.05, 0.1) is 11.2 Å². The van der Waals surface area contributed by atoms with Gasteiger partial charge in [-0.2, -0.15) is 0 Å². The second-order valence-corrected chi connectivity index (χ2v) is 6.86. The summed E-state index contributed by atoms with van der Waals surface area (Å²) in [5, 5.41) is 3.40. The molecule has 2 aromatic rings. The fourth-order valence-electron chi connectivity index (χ4n) is 1.97. The number of aromatic amines is 1. The van der Waals surface area contributed by atoms with Crippen molar-refractivity contribution >= 4 is 9.84 Å². The average Bonchev–Trinajstić information content (AvgIpc) is 2.91. The number of imidazole rings is 1. The highest BCUT2D eigenvalue weighted by Gasteiger charge is 2.09. The van der Waals surface area contributed by atoms with Gasteiger partial charge in [0.25, 0.3) is 0 Å². The number of nitrogens with zero attached hydrogens (tertiary/aromatic N) is 1. The van der Waals surface area contributed by atoms with Crippen LogP contribution in [-0.4, -0.2) is 31.2 Å². The van der Waals surface area contributed by atoms with Gasteiger partial charge < -0.3 is 10.3 Å². The number of hydrogen-bond donors (Lipinski definition) is 2. The Morgan fingerprint density at radius 3 is 2.55 bits per heavy atom. The van der Waals surface area contributed by atoms with E-state index in [-0.39, 0.29) is 6.04 Å². The van der Waals surface area contributed by atoms with Crippen molar-refractivity contribution in [3.8, 4) is 0 Å². The molecule has 5 nitrogen and oxygen atoms in total. The molecule has 0 spiro atoms. The summed E-state index contributed by atoms with van der Waals surface area (Å²) in [5.41, 5.74) is 2.17. The van der Waals surface area contributed by atoms with Crippen molar-refractivity contribution < 1.29 is 8.42 Å². The van der Waals surface area contributed by atoms with Gasteiger partial charge in [0.15, 0.2) is 9.84 Å². The maximum absolute atomic E-state index is 11.4. The second-order valence-electron chi connectivity index (χ2n) is 4.84. The number of nitrogens with one attached hydrogen (secondary N) is 2. The molecule has 2 N–H and O–H groups in total. The van der Waals surface area contributed by atoms with Crippen molar-refractivity contribution in [1.82, 2.24) is 15.3 Å². The quantitative estimate of drug-likeness (QED) is 0.850. The van der Waals surface area contributed by atoms with Crippen LogP contribution in [0.25, 0.3) is 0 Å². The van der Waals surface area contributed by atoms with E-state index >= 15 is 0 Å². The van der Waals surface area contributed by atoms with Crippen LogP contribution in [0.15, 0.2) is 41.7 Å². The zero-order valence-corrected chi connectivity index (χ0v) is 12.4. The third kappa shape index (κ3) is 3.91. The van der Waals surface area contributed by atoms with Gasteiger partial charge in [-0.05, 0) is 24.6 Å². The fourth-order valence-corrected chi connectivity index (χ4v) is 2.60. The Hall–Kier alpha value is -1.66. The lowest BCUT2D eigenvalue weighted by molar-refractivity contribution is 0.573. The Labute approximate surface area is 119 Å². The molecule has 1 aromatic carbocycles. The van der Waals surface area contributed by atoms with Crippen LogP contribution in [0.2, 0.25) is 0 Å². The van der Waals surface area contributed by atoms with Crippen LogP contribution in [0.3, 0.4) is 0 Å². The Balaban J connectivity index is 1.90. The van der Waals surface area contributed by atoms with Crippen LogP contribution in [0.4, 0.5) is 0 Å². The number of benzene rings is 1. The molecular weight excluding hydrogens is 274 g/mol. The van der Waals surface area contributed by atoms with E-state index in [0.29, 0.717) is 4.90 Å². The Bertz CT molecular complexity index is 634. The first kappa shape index (κ1) is 14.7. The molecule has 1 aromatic heterocycles. The lowest BCUT2D eigenvalue weighted by atomic mass is 10.1. The first-order valence-electron chi connectivity index (χ1n) is 6.47. The first-order valence-corrected chi connectivity index (χ1v) is 8.36. The van der Waals surface area contributed by atoms with E-state index in [0.717, 1.165) is 24.2 Å². The molecule has 2 rings (SSSR count). The zero-order valence-electron chi connectivity index (χ0n) is 11.6. The Morgan fingerprint density at radius 2 is 2.00 bits per heavy atom. The Morgan fingerprint density at radius 1 is 1.30 bits per heavy atom. The highest BCUT2D eigenvalue weighted by Crippen LogP contribution is 2.16. The molecule has 0 saturated heterocycles. The van der Waals surface area contributed by atoms with Gasteiger partial charge in [0.1, 0.15) is 0 Å². The summed E-state index contributed by atoms with van der Waals surface area (Å²) in [6, 6.07) is 7.18. The molecule has 108 valence electrons. The molecule has 0 amide bonds. The van der Waals surface area contributed by atoms with Crippen molar-refractivity contribution in [3.05, 3.63) is 48.0 Å². The molecule has 0 saturated carbocycles. The largest absolute Gasteiger partial charge is 0.348 e. The summed E-state index contributed by atoms with van der Waals surface area (Å²) in [6.07, 6.45) is 5.58. The molecule has 0 aliphatic carbocycles. The van der Waals surface area contributed by atoms with Gasteiger partial charge >= 0.3 is 0 Å².